The van der Waals surface area contributed by atoms with Gasteiger partial charge < -0.3 is 9.84 Å². The van der Waals surface area contributed by atoms with Gasteiger partial charge in [-0.2, -0.15) is 0 Å². The Morgan fingerprint density at radius 3 is 2.48 bits per heavy atom. The molecule has 0 aliphatic rings. The number of aliphatic hydroxyl groups is 1. The fourth-order valence-corrected chi connectivity index (χ4v) is 3.63. The Balaban J connectivity index is 3.05. The summed E-state index contributed by atoms with van der Waals surface area (Å²) in [6.07, 6.45) is 0.974. The highest BCUT2D eigenvalue weighted by Gasteiger charge is 2.28. The number of benzene rings is 1. The molecule has 21 heavy (non-hydrogen) atoms. The van der Waals surface area contributed by atoms with Crippen molar-refractivity contribution in [2.24, 2.45) is 0 Å². The largest absolute Gasteiger partial charge is 0.494 e. The van der Waals surface area contributed by atoms with E-state index in [0.717, 1.165) is 5.56 Å². The molecule has 6 heteroatoms. The Hall–Kier alpha value is -1.11. The first kappa shape index (κ1) is 17.9. The summed E-state index contributed by atoms with van der Waals surface area (Å²) >= 11 is 0. The molecule has 0 radical (unpaired) electrons. The Kier molecular flexibility index (Phi) is 6.19. The lowest BCUT2D eigenvalue weighted by Crippen LogP contribution is -2.46. The van der Waals surface area contributed by atoms with Crippen LogP contribution in [0.25, 0.3) is 0 Å². The molecule has 0 fully saturated rings. The van der Waals surface area contributed by atoms with Crippen LogP contribution in [0.5, 0.6) is 5.75 Å². The third-order valence-corrected chi connectivity index (χ3v) is 5.22. The van der Waals surface area contributed by atoms with Crippen molar-refractivity contribution in [3.05, 3.63) is 23.8 Å². The van der Waals surface area contributed by atoms with E-state index < -0.39 is 15.6 Å². The van der Waals surface area contributed by atoms with E-state index in [4.69, 9.17) is 9.84 Å². The number of sulfonamides is 1. The summed E-state index contributed by atoms with van der Waals surface area (Å²) in [5, 5.41) is 9.09. The average molecular weight is 315 g/mol. The van der Waals surface area contributed by atoms with Crippen LogP contribution >= 0.6 is 0 Å². The van der Waals surface area contributed by atoms with Gasteiger partial charge in [0.15, 0.2) is 0 Å². The number of aliphatic hydroxyl groups excluding tert-OH is 1. The summed E-state index contributed by atoms with van der Waals surface area (Å²) in [7, 11) is -3.62. The predicted molar refractivity (Wildman–Crippen MR) is 83.1 cm³/mol. The highest BCUT2D eigenvalue weighted by atomic mass is 32.2. The molecule has 1 rings (SSSR count). The Bertz CT molecular complexity index is 571. The average Bonchev–Trinajstić information content (AvgIpc) is 2.41. The van der Waals surface area contributed by atoms with Crippen LogP contribution in [-0.2, 0) is 10.0 Å². The van der Waals surface area contributed by atoms with Crippen molar-refractivity contribution < 1.29 is 18.3 Å². The van der Waals surface area contributed by atoms with E-state index >= 15 is 0 Å². The summed E-state index contributed by atoms with van der Waals surface area (Å²) in [4.78, 5) is 0.209. The molecule has 1 unspecified atom stereocenters. The fraction of sp³-hybridized carbons (Fsp3) is 0.600. The summed E-state index contributed by atoms with van der Waals surface area (Å²) in [6.45, 7) is 7.86. The van der Waals surface area contributed by atoms with Crippen molar-refractivity contribution in [3.8, 4) is 5.75 Å². The minimum atomic E-state index is -3.62. The van der Waals surface area contributed by atoms with E-state index in [-0.39, 0.29) is 11.5 Å². The van der Waals surface area contributed by atoms with E-state index in [0.29, 0.717) is 25.2 Å². The van der Waals surface area contributed by atoms with Crippen LogP contribution in [-0.4, -0.2) is 32.3 Å². The first-order valence-electron chi connectivity index (χ1n) is 7.16. The van der Waals surface area contributed by atoms with Gasteiger partial charge in [-0.25, -0.2) is 13.1 Å². The molecule has 0 bridgehead atoms. The zero-order chi connectivity index (χ0) is 16.1. The molecule has 0 aliphatic heterocycles. The number of hydrogen-bond donors (Lipinski definition) is 2. The Morgan fingerprint density at radius 2 is 2.00 bits per heavy atom. The lowest BCUT2D eigenvalue weighted by atomic mass is 9.97. The Labute approximate surface area is 127 Å². The maximum absolute atomic E-state index is 12.5. The molecule has 1 aromatic carbocycles. The molecule has 0 saturated heterocycles. The zero-order valence-electron chi connectivity index (χ0n) is 13.1. The molecule has 0 spiro atoms. The van der Waals surface area contributed by atoms with Gasteiger partial charge in [-0.05, 0) is 57.4 Å². The fourth-order valence-electron chi connectivity index (χ4n) is 2.04. The third-order valence-electron chi connectivity index (χ3n) is 3.58. The van der Waals surface area contributed by atoms with Gasteiger partial charge >= 0.3 is 0 Å². The topological polar surface area (TPSA) is 75.6 Å². The lowest BCUT2D eigenvalue weighted by Gasteiger charge is -2.28. The van der Waals surface area contributed by atoms with Crippen molar-refractivity contribution in [2.75, 3.05) is 13.2 Å². The van der Waals surface area contributed by atoms with Crippen LogP contribution in [0.15, 0.2) is 23.1 Å². The second kappa shape index (κ2) is 7.24. The molecule has 0 heterocycles. The maximum atomic E-state index is 12.5. The molecule has 1 aromatic rings. The molecular weight excluding hydrogens is 290 g/mol. The number of nitrogens with one attached hydrogen (secondary N) is 1. The van der Waals surface area contributed by atoms with Crippen LogP contribution in [0.1, 0.15) is 39.2 Å². The Morgan fingerprint density at radius 1 is 1.33 bits per heavy atom. The molecule has 0 saturated carbocycles. The normalized spacial score (nSPS) is 14.7. The highest BCUT2D eigenvalue weighted by molar-refractivity contribution is 7.89. The standard InChI is InChI=1S/C15H25NO4S/c1-5-15(4,9-10-17)16-21(18,19)13-7-8-14(20-6-2)12(3)11-13/h7-8,11,16-17H,5-6,9-10H2,1-4H3. The van der Waals surface area contributed by atoms with E-state index in [1.807, 2.05) is 20.8 Å². The number of aryl methyl sites for hydroxylation is 1. The van der Waals surface area contributed by atoms with E-state index in [9.17, 15) is 8.42 Å². The molecular formula is C15H25NO4S. The van der Waals surface area contributed by atoms with Crippen LogP contribution in [0.3, 0.4) is 0 Å². The number of rotatable bonds is 8. The molecule has 0 aromatic heterocycles. The van der Waals surface area contributed by atoms with Gasteiger partial charge in [0.25, 0.3) is 0 Å². The number of hydrogen-bond acceptors (Lipinski definition) is 4. The van der Waals surface area contributed by atoms with E-state index in [1.165, 1.54) is 6.07 Å². The quantitative estimate of drug-likeness (QED) is 0.771. The van der Waals surface area contributed by atoms with Crippen molar-refractivity contribution in [3.63, 3.8) is 0 Å². The maximum Gasteiger partial charge on any atom is 0.241 e. The zero-order valence-corrected chi connectivity index (χ0v) is 14.0. The van der Waals surface area contributed by atoms with Crippen molar-refractivity contribution >= 4 is 10.0 Å². The molecule has 5 nitrogen and oxygen atoms in total. The van der Waals surface area contributed by atoms with Crippen LogP contribution in [0.2, 0.25) is 0 Å². The van der Waals surface area contributed by atoms with Gasteiger partial charge in [-0.15, -0.1) is 0 Å². The number of ether oxygens (including phenoxy) is 1. The molecule has 0 aliphatic carbocycles. The minimum Gasteiger partial charge on any atom is -0.494 e. The van der Waals surface area contributed by atoms with Gasteiger partial charge in [0.1, 0.15) is 5.75 Å². The molecule has 2 N–H and O–H groups in total. The van der Waals surface area contributed by atoms with Gasteiger partial charge in [-0.3, -0.25) is 0 Å². The van der Waals surface area contributed by atoms with Gasteiger partial charge in [-0.1, -0.05) is 6.92 Å². The van der Waals surface area contributed by atoms with Crippen molar-refractivity contribution in [1.29, 1.82) is 0 Å². The predicted octanol–water partition coefficient (Wildman–Crippen LogP) is 2.22. The summed E-state index contributed by atoms with van der Waals surface area (Å²) in [5.41, 5.74) is 0.125. The van der Waals surface area contributed by atoms with Crippen LogP contribution in [0.4, 0.5) is 0 Å². The minimum absolute atomic E-state index is 0.0604. The highest BCUT2D eigenvalue weighted by Crippen LogP contribution is 2.24. The summed E-state index contributed by atoms with van der Waals surface area (Å²) in [6, 6.07) is 4.81. The SMILES string of the molecule is CCOc1ccc(S(=O)(=O)NC(C)(CC)CCO)cc1C. The summed E-state index contributed by atoms with van der Waals surface area (Å²) in [5.74, 6) is 0.685. The molecule has 1 atom stereocenters. The van der Waals surface area contributed by atoms with Crippen molar-refractivity contribution in [1.82, 2.24) is 4.72 Å². The van der Waals surface area contributed by atoms with Crippen molar-refractivity contribution in [2.45, 2.75) is 51.0 Å². The van der Waals surface area contributed by atoms with Gasteiger partial charge in [0.05, 0.1) is 11.5 Å². The smallest absolute Gasteiger partial charge is 0.241 e. The second-order valence-electron chi connectivity index (χ2n) is 5.35. The monoisotopic (exact) mass is 315 g/mol. The van der Waals surface area contributed by atoms with Crippen LogP contribution < -0.4 is 9.46 Å². The summed E-state index contributed by atoms with van der Waals surface area (Å²) < 4.78 is 33.0. The van der Waals surface area contributed by atoms with Gasteiger partial charge in [0, 0.05) is 12.1 Å². The lowest BCUT2D eigenvalue weighted by molar-refractivity contribution is 0.233. The second-order valence-corrected chi connectivity index (χ2v) is 7.04. The molecule has 120 valence electrons. The van der Waals surface area contributed by atoms with Gasteiger partial charge in [0.2, 0.25) is 10.0 Å². The third kappa shape index (κ3) is 4.69. The molecule has 0 amide bonds. The van der Waals surface area contributed by atoms with Crippen LogP contribution in [0, 0.1) is 6.92 Å². The van der Waals surface area contributed by atoms with E-state index in [1.54, 1.807) is 19.1 Å². The first-order chi connectivity index (χ1) is 9.78. The first-order valence-corrected chi connectivity index (χ1v) is 8.64. The van der Waals surface area contributed by atoms with E-state index in [2.05, 4.69) is 4.72 Å².